The lowest BCUT2D eigenvalue weighted by atomic mass is 9.84. The number of phenols is 1. The molecule has 2 aliphatic rings. The lowest BCUT2D eigenvalue weighted by Gasteiger charge is -2.23. The number of aliphatic hydroxyl groups excluding tert-OH is 1. The zero-order valence-corrected chi connectivity index (χ0v) is 27.3. The van der Waals surface area contributed by atoms with Crippen molar-refractivity contribution in [2.24, 2.45) is 10.9 Å². The van der Waals surface area contributed by atoms with Crippen LogP contribution in [-0.2, 0) is 14.3 Å². The number of aromatic hydroxyl groups is 1. The number of rotatable bonds is 7. The number of nitrogens with one attached hydrogen (secondary N) is 1. The molecule has 3 N–H and O–H groups in total. The van der Waals surface area contributed by atoms with Crippen LogP contribution in [0.15, 0.2) is 52.7 Å². The molecule has 9 heteroatoms. The van der Waals surface area contributed by atoms with Gasteiger partial charge in [-0.2, -0.15) is 0 Å². The fourth-order valence-corrected chi connectivity index (χ4v) is 6.33. The van der Waals surface area contributed by atoms with Crippen LogP contribution in [-0.4, -0.2) is 66.1 Å². The number of methoxy groups -OCH3 is 1. The van der Waals surface area contributed by atoms with E-state index < -0.39 is 18.0 Å². The first-order valence-electron chi connectivity index (χ1n) is 16.3. The number of carbonyl (C=O) groups excluding carboxylic acids is 2. The van der Waals surface area contributed by atoms with E-state index in [0.717, 1.165) is 43.2 Å². The summed E-state index contributed by atoms with van der Waals surface area (Å²) in [6.45, 7) is 4.70. The van der Waals surface area contributed by atoms with Crippen LogP contribution >= 0.6 is 0 Å². The van der Waals surface area contributed by atoms with Gasteiger partial charge in [0.1, 0.15) is 17.7 Å². The highest BCUT2D eigenvalue weighted by Gasteiger charge is 2.24. The average molecular weight is 630 g/mol. The molecule has 1 aromatic carbocycles. The minimum atomic E-state index is -0.515. The number of ketones is 1. The second-order valence-corrected chi connectivity index (χ2v) is 12.2. The van der Waals surface area contributed by atoms with Gasteiger partial charge in [0.25, 0.3) is 0 Å². The Morgan fingerprint density at radius 3 is 2.72 bits per heavy atom. The van der Waals surface area contributed by atoms with Gasteiger partial charge in [-0.3, -0.25) is 14.6 Å². The average Bonchev–Trinajstić information content (AvgIpc) is 3.48. The summed E-state index contributed by atoms with van der Waals surface area (Å²) in [5, 5.41) is 23.1. The Bertz CT molecular complexity index is 1470. The molecule has 1 aromatic heterocycles. The Morgan fingerprint density at radius 2 is 1.96 bits per heavy atom. The summed E-state index contributed by atoms with van der Waals surface area (Å²) in [4.78, 5) is 34.6. The first-order chi connectivity index (χ1) is 22.3. The van der Waals surface area contributed by atoms with Crippen molar-refractivity contribution in [1.82, 2.24) is 4.98 Å². The number of hydrogen-bond acceptors (Lipinski definition) is 9. The highest BCUT2D eigenvalue weighted by atomic mass is 16.5. The third-order valence-electron chi connectivity index (χ3n) is 8.89. The van der Waals surface area contributed by atoms with Crippen LogP contribution in [0.25, 0.3) is 0 Å². The molecule has 2 aliphatic heterocycles. The SMILES string of the molecule is CC[C@@H]1CC[C@@H](OC(C)=O)CC(=O)C[C@@H](c2ccc(O)c(OC)c2)C#CCNc2cc(ccn2)[C@H](CCCO)CC2=C(C=NC2)C1. The maximum atomic E-state index is 13.5. The summed E-state index contributed by atoms with van der Waals surface area (Å²) >= 11 is 0. The number of carbonyl (C=O) groups is 2. The van der Waals surface area contributed by atoms with Gasteiger partial charge in [0, 0.05) is 38.8 Å². The van der Waals surface area contributed by atoms with E-state index in [1.54, 1.807) is 24.4 Å². The number of allylic oxidation sites excluding steroid dienone is 1. The molecular formula is C37H47N3O6. The Hall–Kier alpha value is -4.16. The standard InChI is InChI=1S/C37H47N3O6/c1-4-26-9-11-34(46-25(2)42)22-33(43)19-28(29-10-12-35(44)36(20-29)45-3)7-5-14-39-37-21-30(13-15-40-37)27(8-6-16-41)18-32-24-38-23-31(32)17-26/h10,12-13,15,20-21,23,26-28,34,41,44H,4,6,8-9,11,14,16-19,22,24H2,1-3H3,(H,39,40)/t26-,27-,28+,34-/m1/s1. The normalized spacial score (nSPS) is 22.7. The van der Waals surface area contributed by atoms with E-state index in [1.807, 2.05) is 12.3 Å². The minimum Gasteiger partial charge on any atom is -0.504 e. The number of fused-ring (bicyclic) bond motifs is 2. The highest BCUT2D eigenvalue weighted by Crippen LogP contribution is 2.35. The van der Waals surface area contributed by atoms with Crippen molar-refractivity contribution in [1.29, 1.82) is 0 Å². The van der Waals surface area contributed by atoms with E-state index in [-0.39, 0.29) is 36.9 Å². The Labute approximate surface area is 272 Å². The number of pyridine rings is 1. The quantitative estimate of drug-likeness (QED) is 0.247. The molecule has 246 valence electrons. The van der Waals surface area contributed by atoms with Gasteiger partial charge in [0.05, 0.1) is 26.1 Å². The van der Waals surface area contributed by atoms with Gasteiger partial charge >= 0.3 is 5.97 Å². The van der Waals surface area contributed by atoms with Crippen LogP contribution in [0.2, 0.25) is 0 Å². The summed E-state index contributed by atoms with van der Waals surface area (Å²) in [6.07, 6.45) is 9.21. The summed E-state index contributed by atoms with van der Waals surface area (Å²) in [5.74, 6) is 7.11. The number of hydrogen-bond donors (Lipinski definition) is 3. The van der Waals surface area contributed by atoms with Crippen molar-refractivity contribution in [2.45, 2.75) is 89.6 Å². The first-order valence-corrected chi connectivity index (χ1v) is 16.3. The zero-order valence-electron chi connectivity index (χ0n) is 27.3. The molecule has 0 spiro atoms. The lowest BCUT2D eigenvalue weighted by molar-refractivity contribution is -0.148. The molecule has 0 radical (unpaired) electrons. The summed E-state index contributed by atoms with van der Waals surface area (Å²) in [5.41, 5.74) is 4.51. The van der Waals surface area contributed by atoms with E-state index in [4.69, 9.17) is 9.47 Å². The monoisotopic (exact) mass is 629 g/mol. The predicted octanol–water partition coefficient (Wildman–Crippen LogP) is 6.11. The second-order valence-electron chi connectivity index (χ2n) is 12.2. The summed E-state index contributed by atoms with van der Waals surface area (Å²) < 4.78 is 11.0. The number of phenolic OH excluding ortho intramolecular Hbond substituents is 1. The molecule has 2 bridgehead atoms. The molecule has 9 nitrogen and oxygen atoms in total. The van der Waals surface area contributed by atoms with Gasteiger partial charge in [-0.15, -0.1) is 0 Å². The Kier molecular flexibility index (Phi) is 13.2. The van der Waals surface area contributed by atoms with Gasteiger partial charge < -0.3 is 25.0 Å². The van der Waals surface area contributed by atoms with Crippen LogP contribution in [0.1, 0.15) is 94.6 Å². The molecule has 2 aromatic rings. The van der Waals surface area contributed by atoms with Crippen molar-refractivity contribution in [3.8, 4) is 23.3 Å². The topological polar surface area (TPSA) is 130 Å². The summed E-state index contributed by atoms with van der Waals surface area (Å²) in [6, 6.07) is 9.11. The fraction of sp³-hybridized carbons (Fsp3) is 0.514. The van der Waals surface area contributed by atoms with Gasteiger partial charge in [-0.1, -0.05) is 31.3 Å². The smallest absolute Gasteiger partial charge is 0.302 e. The van der Waals surface area contributed by atoms with Crippen molar-refractivity contribution >= 4 is 23.8 Å². The van der Waals surface area contributed by atoms with Crippen LogP contribution in [0, 0.1) is 17.8 Å². The number of Topliss-reactive ketones (excluding diaryl/α,β-unsaturated/α-hetero) is 1. The molecule has 4 rings (SSSR count). The van der Waals surface area contributed by atoms with Gasteiger partial charge in [0.2, 0.25) is 0 Å². The minimum absolute atomic E-state index is 0.00882. The Balaban J connectivity index is 1.68. The van der Waals surface area contributed by atoms with E-state index in [1.165, 1.54) is 25.2 Å². The van der Waals surface area contributed by atoms with Gasteiger partial charge in [0.15, 0.2) is 11.5 Å². The molecular weight excluding hydrogens is 582 g/mol. The molecule has 0 unspecified atom stereocenters. The third-order valence-corrected chi connectivity index (χ3v) is 8.89. The largest absolute Gasteiger partial charge is 0.504 e. The maximum Gasteiger partial charge on any atom is 0.302 e. The van der Waals surface area contributed by atoms with Crippen LogP contribution in [0.5, 0.6) is 11.5 Å². The second kappa shape index (κ2) is 17.5. The van der Waals surface area contributed by atoms with Gasteiger partial charge in [-0.25, -0.2) is 4.98 Å². The first kappa shape index (κ1) is 34.7. The highest BCUT2D eigenvalue weighted by molar-refractivity contribution is 5.82. The zero-order chi connectivity index (χ0) is 32.9. The number of aromatic nitrogens is 1. The number of ether oxygens (including phenoxy) is 2. The molecule has 0 fully saturated rings. The number of aliphatic hydroxyl groups is 1. The molecule has 0 saturated heterocycles. The molecule has 0 amide bonds. The van der Waals surface area contributed by atoms with Gasteiger partial charge in [-0.05, 0) is 96.9 Å². The van der Waals surface area contributed by atoms with Crippen molar-refractivity contribution in [3.05, 3.63) is 58.8 Å². The fourth-order valence-electron chi connectivity index (χ4n) is 6.33. The Morgan fingerprint density at radius 1 is 1.11 bits per heavy atom. The van der Waals surface area contributed by atoms with Crippen molar-refractivity contribution in [3.63, 3.8) is 0 Å². The number of aliphatic imine (C=N–C) groups is 1. The maximum absolute atomic E-state index is 13.5. The molecule has 3 heterocycles. The molecule has 0 saturated carbocycles. The molecule has 0 aliphatic carbocycles. The lowest BCUT2D eigenvalue weighted by Crippen LogP contribution is -2.22. The van der Waals surface area contributed by atoms with Crippen molar-refractivity contribution in [2.75, 3.05) is 32.1 Å². The third kappa shape index (κ3) is 10.2. The number of esters is 1. The van der Waals surface area contributed by atoms with E-state index in [0.29, 0.717) is 43.4 Å². The molecule has 4 atom stereocenters. The van der Waals surface area contributed by atoms with E-state index in [2.05, 4.69) is 40.1 Å². The van der Waals surface area contributed by atoms with Crippen LogP contribution in [0.3, 0.4) is 0 Å². The van der Waals surface area contributed by atoms with E-state index in [9.17, 15) is 19.8 Å². The van der Waals surface area contributed by atoms with E-state index >= 15 is 0 Å². The van der Waals surface area contributed by atoms with Crippen LogP contribution < -0.4 is 10.1 Å². The predicted molar refractivity (Wildman–Crippen MR) is 179 cm³/mol. The number of nitrogens with zero attached hydrogens (tertiary/aromatic N) is 2. The molecule has 46 heavy (non-hydrogen) atoms. The number of benzene rings is 1. The number of anilines is 1. The van der Waals surface area contributed by atoms with Crippen molar-refractivity contribution < 1.29 is 29.3 Å². The van der Waals surface area contributed by atoms with Crippen LogP contribution in [0.4, 0.5) is 5.82 Å². The summed E-state index contributed by atoms with van der Waals surface area (Å²) in [7, 11) is 1.48.